The van der Waals surface area contributed by atoms with Crippen molar-refractivity contribution < 1.29 is 0 Å². The number of nitrogens with zero attached hydrogens (tertiary/aromatic N) is 5. The lowest BCUT2D eigenvalue weighted by molar-refractivity contribution is 0.680. The Balaban J connectivity index is 1.52. The predicted octanol–water partition coefficient (Wildman–Crippen LogP) is 10.1. The summed E-state index contributed by atoms with van der Waals surface area (Å²) in [6.45, 7) is 35.4. The summed E-state index contributed by atoms with van der Waals surface area (Å²) in [4.78, 5) is 35.0. The van der Waals surface area contributed by atoms with Crippen LogP contribution in [0.25, 0.3) is 21.5 Å². The molecule has 8 heteroatoms. The molecule has 2 aromatic heterocycles. The van der Waals surface area contributed by atoms with Gasteiger partial charge in [0, 0.05) is 43.8 Å². The molecule has 56 heavy (non-hydrogen) atoms. The van der Waals surface area contributed by atoms with Crippen LogP contribution in [0.2, 0.25) is 0 Å². The van der Waals surface area contributed by atoms with Crippen molar-refractivity contribution in [2.75, 3.05) is 0 Å². The van der Waals surface area contributed by atoms with Gasteiger partial charge >= 0.3 is 0 Å². The van der Waals surface area contributed by atoms with Crippen LogP contribution >= 0.6 is 0 Å². The third kappa shape index (κ3) is 4.55. The van der Waals surface area contributed by atoms with E-state index >= 15 is 0 Å². The van der Waals surface area contributed by atoms with E-state index in [-0.39, 0.29) is 6.17 Å². The second-order valence-electron chi connectivity index (χ2n) is 16.8. The van der Waals surface area contributed by atoms with Crippen LogP contribution in [-0.4, -0.2) is 27.5 Å². The Morgan fingerprint density at radius 3 is 1.29 bits per heavy atom. The minimum absolute atomic E-state index is 0.372. The first-order valence-electron chi connectivity index (χ1n) is 19.8. The summed E-state index contributed by atoms with van der Waals surface area (Å²) in [7, 11) is 0. The van der Waals surface area contributed by atoms with Crippen molar-refractivity contribution in [2.24, 2.45) is 25.0 Å². The fourth-order valence-electron chi connectivity index (χ4n) is 9.78. The molecule has 1 atom stereocenters. The number of hydrogen-bond acceptors (Lipinski definition) is 6. The van der Waals surface area contributed by atoms with E-state index < -0.39 is 0 Å². The summed E-state index contributed by atoms with van der Waals surface area (Å²) in [6, 6.07) is 0. The monoisotopic (exact) mass is 740 g/mol. The lowest BCUT2D eigenvalue weighted by Gasteiger charge is -2.16. The molecule has 3 N–H and O–H groups in total. The molecule has 0 amide bonds. The van der Waals surface area contributed by atoms with Crippen molar-refractivity contribution in [3.63, 3.8) is 0 Å². The van der Waals surface area contributed by atoms with E-state index in [0.29, 0.717) is 11.7 Å². The summed E-state index contributed by atoms with van der Waals surface area (Å²) in [6.07, 6.45) is -0.372. The fraction of sp³-hybridized carbons (Fsp3) is 0.354. The Hall–Kier alpha value is -5.63. The number of amidine groups is 3. The zero-order chi connectivity index (χ0) is 40.1. The average molecular weight is 741 g/mol. The molecule has 9 rings (SSSR count). The third-order valence-corrected chi connectivity index (χ3v) is 14.6. The fourth-order valence-corrected chi connectivity index (χ4v) is 9.78. The number of aromatic amines is 2. The smallest absolute Gasteiger partial charge is 0.165 e. The molecule has 3 aliphatic heterocycles. The summed E-state index contributed by atoms with van der Waals surface area (Å²) in [5.41, 5.74) is 25.6. The molecule has 0 spiro atoms. The Labute approximate surface area is 329 Å². The van der Waals surface area contributed by atoms with Crippen LogP contribution in [0.1, 0.15) is 117 Å². The summed E-state index contributed by atoms with van der Waals surface area (Å²) in [5.74, 6) is 3.68. The molecule has 5 heterocycles. The first kappa shape index (κ1) is 36.0. The highest BCUT2D eigenvalue weighted by Gasteiger charge is 2.34. The van der Waals surface area contributed by atoms with Crippen LogP contribution in [0.4, 0.5) is 11.6 Å². The van der Waals surface area contributed by atoms with Crippen LogP contribution in [-0.2, 0) is 0 Å². The molecule has 8 nitrogen and oxygen atoms in total. The SMILES string of the molecule is Cc1c(C)c(C)c2c(c1C)C1=N/C2=N\c2[nH]c(c3c(C)c(C)c(C)c(C)c23)/N=C2\NC(/N=c3\[nH]c(c4c(C)c(C)c(C)c(C)c34)=N1)c1c(C)c(C)c(C)c(C)c12. The quantitative estimate of drug-likeness (QED) is 0.142. The van der Waals surface area contributed by atoms with Crippen LogP contribution in [0.3, 0.4) is 0 Å². The van der Waals surface area contributed by atoms with Gasteiger partial charge in [0.25, 0.3) is 0 Å². The Bertz CT molecular complexity index is 3090. The number of H-pyrrole nitrogens is 2. The maximum Gasteiger partial charge on any atom is 0.165 e. The van der Waals surface area contributed by atoms with Crippen molar-refractivity contribution in [3.05, 3.63) is 122 Å². The van der Waals surface area contributed by atoms with Crippen LogP contribution in [0, 0.1) is 111 Å². The number of aliphatic imine (C=N–C) groups is 3. The van der Waals surface area contributed by atoms with Gasteiger partial charge in [0.05, 0.1) is 0 Å². The van der Waals surface area contributed by atoms with E-state index in [0.717, 1.165) is 66.7 Å². The number of benzene rings is 4. The molecular formula is C48H52N8. The molecule has 1 unspecified atom stereocenters. The molecule has 0 saturated heterocycles. The molecule has 0 fully saturated rings. The Kier molecular flexibility index (Phi) is 7.68. The predicted molar refractivity (Wildman–Crippen MR) is 232 cm³/mol. The number of aryl methyl sites for hydroxylation is 4. The van der Waals surface area contributed by atoms with Gasteiger partial charge in [-0.1, -0.05) is 0 Å². The summed E-state index contributed by atoms with van der Waals surface area (Å²) >= 11 is 0. The molecule has 6 aromatic rings. The van der Waals surface area contributed by atoms with E-state index in [2.05, 4.69) is 126 Å². The van der Waals surface area contributed by atoms with Crippen molar-refractivity contribution in [2.45, 2.75) is 117 Å². The van der Waals surface area contributed by atoms with E-state index in [4.69, 9.17) is 25.0 Å². The zero-order valence-corrected chi connectivity index (χ0v) is 35.8. The van der Waals surface area contributed by atoms with Gasteiger partial charge in [-0.3, -0.25) is 0 Å². The Morgan fingerprint density at radius 2 is 0.750 bits per heavy atom. The lowest BCUT2D eigenvalue weighted by Crippen LogP contribution is -2.22. The van der Waals surface area contributed by atoms with Gasteiger partial charge in [-0.15, -0.1) is 0 Å². The van der Waals surface area contributed by atoms with Crippen molar-refractivity contribution in [3.8, 4) is 0 Å². The number of aromatic nitrogens is 2. The first-order chi connectivity index (χ1) is 26.4. The van der Waals surface area contributed by atoms with Gasteiger partial charge in [0.1, 0.15) is 34.6 Å². The normalized spacial score (nSPS) is 18.2. The van der Waals surface area contributed by atoms with Crippen molar-refractivity contribution >= 4 is 50.7 Å². The van der Waals surface area contributed by atoms with Gasteiger partial charge in [-0.2, -0.15) is 0 Å². The summed E-state index contributed by atoms with van der Waals surface area (Å²) < 4.78 is 0. The maximum absolute atomic E-state index is 5.61. The van der Waals surface area contributed by atoms with Gasteiger partial charge < -0.3 is 15.3 Å². The molecule has 0 saturated carbocycles. The largest absolute Gasteiger partial charge is 0.344 e. The average Bonchev–Trinajstić information content (AvgIpc) is 3.92. The molecule has 0 aliphatic carbocycles. The van der Waals surface area contributed by atoms with Crippen LogP contribution in [0.15, 0.2) is 25.0 Å². The number of nitrogens with one attached hydrogen (secondary N) is 3. The lowest BCUT2D eigenvalue weighted by atomic mass is 9.89. The maximum atomic E-state index is 5.61. The topological polar surface area (TPSA) is 105 Å². The van der Waals surface area contributed by atoms with Gasteiger partial charge in [0.2, 0.25) is 0 Å². The van der Waals surface area contributed by atoms with Gasteiger partial charge in [0.15, 0.2) is 11.7 Å². The highest BCUT2D eigenvalue weighted by molar-refractivity contribution is 6.25. The molecular weight excluding hydrogens is 689 g/mol. The minimum atomic E-state index is -0.372. The second-order valence-corrected chi connectivity index (χ2v) is 16.8. The van der Waals surface area contributed by atoms with Gasteiger partial charge in [-0.05, 0) is 200 Å². The number of fused-ring (bicyclic) bond motifs is 19. The van der Waals surface area contributed by atoms with E-state index in [1.165, 1.54) is 94.6 Å². The molecule has 284 valence electrons. The molecule has 3 aliphatic rings. The summed E-state index contributed by atoms with van der Waals surface area (Å²) in [5, 5.41) is 8.18. The van der Waals surface area contributed by atoms with Crippen molar-refractivity contribution in [1.29, 1.82) is 0 Å². The first-order valence-corrected chi connectivity index (χ1v) is 19.8. The highest BCUT2D eigenvalue weighted by atomic mass is 15.2. The number of hydrogen-bond donors (Lipinski definition) is 3. The molecule has 0 radical (unpaired) electrons. The van der Waals surface area contributed by atoms with E-state index in [1.807, 2.05) is 0 Å². The van der Waals surface area contributed by atoms with Crippen molar-refractivity contribution in [1.82, 2.24) is 15.3 Å². The van der Waals surface area contributed by atoms with E-state index in [9.17, 15) is 0 Å². The highest BCUT2D eigenvalue weighted by Crippen LogP contribution is 2.44. The molecule has 4 aromatic carbocycles. The zero-order valence-electron chi connectivity index (χ0n) is 35.8. The van der Waals surface area contributed by atoms with Crippen LogP contribution < -0.4 is 16.3 Å². The standard InChI is InChI=1S/C48H52N8/c1-17-18(2)26(10)34-33(25(17)9)41-49-42(34)54-44-37-29(13)21(5)22(6)30(14)38(37)46(51-44)56-48-40-32(16)24(8)23(7)31(15)39(40)47(52-48)55-45-36-28(12)20(4)19(3)27(11)35(36)43(50-45)53-41/h41,51H,1-16H3,(H,49,54)(H,50,52,53,55,56). The minimum Gasteiger partial charge on any atom is -0.344 e. The van der Waals surface area contributed by atoms with E-state index in [1.54, 1.807) is 0 Å². The van der Waals surface area contributed by atoms with Crippen LogP contribution in [0.5, 0.6) is 0 Å². The third-order valence-electron chi connectivity index (χ3n) is 14.6. The second kappa shape index (κ2) is 11.9. The number of rotatable bonds is 0. The Morgan fingerprint density at radius 1 is 0.339 bits per heavy atom. The van der Waals surface area contributed by atoms with Gasteiger partial charge in [-0.25, -0.2) is 25.0 Å². The molecule has 8 bridgehead atoms.